The summed E-state index contributed by atoms with van der Waals surface area (Å²) in [6.07, 6.45) is 1.18. The van der Waals surface area contributed by atoms with E-state index >= 15 is 0 Å². The van der Waals surface area contributed by atoms with E-state index in [-0.39, 0.29) is 0 Å². The molecule has 0 aliphatic rings. The zero-order chi connectivity index (χ0) is 14.7. The van der Waals surface area contributed by atoms with Crippen LogP contribution in [0.1, 0.15) is 22.8 Å². The number of halogens is 1. The molecule has 3 aromatic rings. The van der Waals surface area contributed by atoms with Crippen LogP contribution >= 0.6 is 11.6 Å². The Balaban J connectivity index is 1.71. The molecular formula is C16H14ClN3O. The fourth-order valence-corrected chi connectivity index (χ4v) is 2.35. The van der Waals surface area contributed by atoms with Crippen molar-refractivity contribution in [2.75, 3.05) is 5.73 Å². The van der Waals surface area contributed by atoms with Gasteiger partial charge in [0.15, 0.2) is 5.82 Å². The molecule has 0 fully saturated rings. The van der Waals surface area contributed by atoms with Crippen LogP contribution in [0.5, 0.6) is 0 Å². The Labute approximate surface area is 127 Å². The molecule has 2 N–H and O–H groups in total. The van der Waals surface area contributed by atoms with Crippen molar-refractivity contribution >= 4 is 17.3 Å². The molecule has 4 nitrogen and oxygen atoms in total. The van der Waals surface area contributed by atoms with Crippen LogP contribution in [-0.4, -0.2) is 10.1 Å². The van der Waals surface area contributed by atoms with Gasteiger partial charge in [0.2, 0.25) is 5.89 Å². The minimum atomic E-state index is 0.577. The van der Waals surface area contributed by atoms with Crippen molar-refractivity contribution in [2.24, 2.45) is 0 Å². The van der Waals surface area contributed by atoms with Gasteiger partial charge < -0.3 is 10.3 Å². The summed E-state index contributed by atoms with van der Waals surface area (Å²) in [5.41, 5.74) is 8.59. The molecule has 1 aromatic heterocycles. The first-order valence-electron chi connectivity index (χ1n) is 6.59. The summed E-state index contributed by atoms with van der Waals surface area (Å²) in [5.74, 6) is 1.23. The first-order valence-corrected chi connectivity index (χ1v) is 6.97. The van der Waals surface area contributed by atoms with E-state index in [2.05, 4.69) is 10.1 Å². The molecule has 0 saturated heterocycles. The Morgan fingerprint density at radius 3 is 2.52 bits per heavy atom. The van der Waals surface area contributed by atoms with E-state index in [0.717, 1.165) is 16.8 Å². The molecule has 21 heavy (non-hydrogen) atoms. The average molecular weight is 300 g/mol. The number of hydrogen-bond donors (Lipinski definition) is 1. The maximum atomic E-state index is 5.96. The summed E-state index contributed by atoms with van der Waals surface area (Å²) in [7, 11) is 0. The summed E-state index contributed by atoms with van der Waals surface area (Å²) in [6.45, 7) is 0. The molecule has 2 aromatic carbocycles. The Bertz CT molecular complexity index is 693. The fraction of sp³-hybridized carbons (Fsp3) is 0.125. The number of hydrogen-bond acceptors (Lipinski definition) is 4. The third-order valence-corrected chi connectivity index (χ3v) is 3.30. The highest BCUT2D eigenvalue weighted by Gasteiger charge is 2.08. The van der Waals surface area contributed by atoms with Crippen LogP contribution in [0.15, 0.2) is 53.1 Å². The summed E-state index contributed by atoms with van der Waals surface area (Å²) in [6, 6.07) is 15.3. The predicted molar refractivity (Wildman–Crippen MR) is 82.2 cm³/mol. The third kappa shape index (κ3) is 3.61. The molecule has 0 spiro atoms. The van der Waals surface area contributed by atoms with Crippen LogP contribution in [0.25, 0.3) is 0 Å². The van der Waals surface area contributed by atoms with Gasteiger partial charge in [-0.1, -0.05) is 41.0 Å². The zero-order valence-electron chi connectivity index (χ0n) is 11.3. The predicted octanol–water partition coefficient (Wildman–Crippen LogP) is 3.49. The van der Waals surface area contributed by atoms with Crippen LogP contribution in [0.4, 0.5) is 5.69 Å². The number of benzene rings is 2. The molecular weight excluding hydrogens is 286 g/mol. The van der Waals surface area contributed by atoms with Crippen molar-refractivity contribution in [3.8, 4) is 0 Å². The topological polar surface area (TPSA) is 64.9 Å². The van der Waals surface area contributed by atoms with Gasteiger partial charge in [0.25, 0.3) is 0 Å². The smallest absolute Gasteiger partial charge is 0.231 e. The highest BCUT2D eigenvalue weighted by molar-refractivity contribution is 6.30. The van der Waals surface area contributed by atoms with E-state index in [1.807, 2.05) is 48.5 Å². The maximum Gasteiger partial charge on any atom is 0.231 e. The lowest BCUT2D eigenvalue weighted by Crippen LogP contribution is -1.93. The lowest BCUT2D eigenvalue weighted by atomic mass is 10.1. The monoisotopic (exact) mass is 299 g/mol. The van der Waals surface area contributed by atoms with Crippen molar-refractivity contribution in [1.29, 1.82) is 0 Å². The van der Waals surface area contributed by atoms with E-state index in [4.69, 9.17) is 21.9 Å². The van der Waals surface area contributed by atoms with Gasteiger partial charge in [-0.2, -0.15) is 4.98 Å². The highest BCUT2D eigenvalue weighted by atomic mass is 35.5. The standard InChI is InChI=1S/C16H14ClN3O/c17-13-5-1-3-11(7-13)9-15-19-16(21-20-15)10-12-4-2-6-14(18)8-12/h1-8H,9-10,18H2. The number of nitrogen functional groups attached to an aromatic ring is 1. The fourth-order valence-electron chi connectivity index (χ4n) is 2.14. The Morgan fingerprint density at radius 1 is 1.00 bits per heavy atom. The zero-order valence-corrected chi connectivity index (χ0v) is 12.0. The molecule has 106 valence electrons. The van der Waals surface area contributed by atoms with E-state index < -0.39 is 0 Å². The molecule has 0 atom stereocenters. The van der Waals surface area contributed by atoms with Crippen LogP contribution in [0.2, 0.25) is 5.02 Å². The van der Waals surface area contributed by atoms with Gasteiger partial charge in [-0.25, -0.2) is 0 Å². The SMILES string of the molecule is Nc1cccc(Cc2nc(Cc3cccc(Cl)c3)no2)c1. The van der Waals surface area contributed by atoms with Crippen molar-refractivity contribution in [1.82, 2.24) is 10.1 Å². The largest absolute Gasteiger partial charge is 0.399 e. The van der Waals surface area contributed by atoms with E-state index in [0.29, 0.717) is 29.6 Å². The van der Waals surface area contributed by atoms with Gasteiger partial charge in [0.1, 0.15) is 0 Å². The van der Waals surface area contributed by atoms with Crippen LogP contribution in [0, 0.1) is 0 Å². The van der Waals surface area contributed by atoms with Crippen LogP contribution in [0.3, 0.4) is 0 Å². The van der Waals surface area contributed by atoms with E-state index in [1.54, 1.807) is 0 Å². The number of nitrogens with zero attached hydrogens (tertiary/aromatic N) is 2. The summed E-state index contributed by atoms with van der Waals surface area (Å²) >= 11 is 5.96. The third-order valence-electron chi connectivity index (χ3n) is 3.07. The van der Waals surface area contributed by atoms with Gasteiger partial charge in [-0.15, -0.1) is 0 Å². The van der Waals surface area contributed by atoms with Gasteiger partial charge in [0.05, 0.1) is 6.42 Å². The highest BCUT2D eigenvalue weighted by Crippen LogP contribution is 2.15. The Morgan fingerprint density at radius 2 is 1.76 bits per heavy atom. The minimum Gasteiger partial charge on any atom is -0.399 e. The summed E-state index contributed by atoms with van der Waals surface area (Å²) in [4.78, 5) is 4.40. The van der Waals surface area contributed by atoms with Gasteiger partial charge in [0, 0.05) is 17.1 Å². The first kappa shape index (κ1) is 13.6. The maximum absolute atomic E-state index is 5.96. The van der Waals surface area contributed by atoms with Gasteiger partial charge in [-0.05, 0) is 35.4 Å². The van der Waals surface area contributed by atoms with Gasteiger partial charge in [-0.3, -0.25) is 0 Å². The second-order valence-corrected chi connectivity index (χ2v) is 5.27. The van der Waals surface area contributed by atoms with Crippen molar-refractivity contribution in [3.63, 3.8) is 0 Å². The number of anilines is 1. The summed E-state index contributed by atoms with van der Waals surface area (Å²) in [5, 5.41) is 4.70. The van der Waals surface area contributed by atoms with Crippen molar-refractivity contribution < 1.29 is 4.52 Å². The van der Waals surface area contributed by atoms with E-state index in [1.165, 1.54) is 0 Å². The minimum absolute atomic E-state index is 0.577. The van der Waals surface area contributed by atoms with Gasteiger partial charge >= 0.3 is 0 Å². The lowest BCUT2D eigenvalue weighted by molar-refractivity contribution is 0.380. The molecule has 0 unspecified atom stereocenters. The normalized spacial score (nSPS) is 10.7. The Hall–Kier alpha value is -2.33. The second-order valence-electron chi connectivity index (χ2n) is 4.83. The lowest BCUT2D eigenvalue weighted by Gasteiger charge is -1.98. The van der Waals surface area contributed by atoms with Crippen LogP contribution < -0.4 is 5.73 Å². The molecule has 5 heteroatoms. The molecule has 1 heterocycles. The number of nitrogens with two attached hydrogens (primary N) is 1. The van der Waals surface area contributed by atoms with Crippen LogP contribution in [-0.2, 0) is 12.8 Å². The average Bonchev–Trinajstić information content (AvgIpc) is 2.86. The summed E-state index contributed by atoms with van der Waals surface area (Å²) < 4.78 is 5.28. The molecule has 0 aliphatic carbocycles. The second kappa shape index (κ2) is 5.97. The number of aromatic nitrogens is 2. The Kier molecular flexibility index (Phi) is 3.88. The molecule has 0 radical (unpaired) electrons. The quantitative estimate of drug-likeness (QED) is 0.749. The first-order chi connectivity index (χ1) is 10.2. The van der Waals surface area contributed by atoms with Crippen molar-refractivity contribution in [2.45, 2.75) is 12.8 Å². The van der Waals surface area contributed by atoms with Crippen molar-refractivity contribution in [3.05, 3.63) is 76.4 Å². The van der Waals surface area contributed by atoms with E-state index in [9.17, 15) is 0 Å². The molecule has 0 bridgehead atoms. The molecule has 3 rings (SSSR count). The molecule has 0 amide bonds. The number of rotatable bonds is 4. The molecule has 0 aliphatic heterocycles. The molecule has 0 saturated carbocycles.